The smallest absolute Gasteiger partial charge is 0.335 e. The lowest BCUT2D eigenvalue weighted by Gasteiger charge is -2.31. The van der Waals surface area contributed by atoms with Crippen molar-refractivity contribution in [2.45, 2.75) is 18.9 Å². The highest BCUT2D eigenvalue weighted by molar-refractivity contribution is 7.07. The van der Waals surface area contributed by atoms with E-state index in [1.54, 1.807) is 37.0 Å². The molecule has 1 aliphatic carbocycles. The summed E-state index contributed by atoms with van der Waals surface area (Å²) in [6, 6.07) is 20.0. The van der Waals surface area contributed by atoms with Crippen molar-refractivity contribution < 1.29 is 19.4 Å². The summed E-state index contributed by atoms with van der Waals surface area (Å²) in [4.78, 5) is 30.8. The first-order valence-corrected chi connectivity index (χ1v) is 13.0. The molecule has 2 aliphatic rings. The fourth-order valence-electron chi connectivity index (χ4n) is 5.23. The van der Waals surface area contributed by atoms with Crippen molar-refractivity contribution in [1.82, 2.24) is 4.57 Å². The number of hydrogen-bond donors (Lipinski definition) is 1. The minimum absolute atomic E-state index is 0.156. The van der Waals surface area contributed by atoms with Gasteiger partial charge in [-0.3, -0.25) is 9.36 Å². The van der Waals surface area contributed by atoms with Gasteiger partial charge >= 0.3 is 5.97 Å². The number of rotatable bonds is 5. The highest BCUT2D eigenvalue weighted by Crippen LogP contribution is 2.44. The maximum Gasteiger partial charge on any atom is 0.335 e. The fraction of sp³-hybridized carbons (Fsp3) is 0.167. The molecule has 1 atom stereocenters. The van der Waals surface area contributed by atoms with Crippen LogP contribution in [-0.2, 0) is 6.42 Å². The summed E-state index contributed by atoms with van der Waals surface area (Å²) >= 11 is 1.33. The summed E-state index contributed by atoms with van der Waals surface area (Å²) in [6.45, 7) is 0. The summed E-state index contributed by atoms with van der Waals surface area (Å²) in [6.07, 6.45) is 3.40. The number of benzene rings is 3. The Kier molecular flexibility index (Phi) is 5.96. The summed E-state index contributed by atoms with van der Waals surface area (Å²) < 4.78 is 13.6. The Balaban J connectivity index is 1.61. The Morgan fingerprint density at radius 1 is 1.05 bits per heavy atom. The van der Waals surface area contributed by atoms with E-state index in [0.29, 0.717) is 20.8 Å². The molecule has 0 saturated heterocycles. The van der Waals surface area contributed by atoms with E-state index in [9.17, 15) is 14.7 Å². The molecule has 1 aliphatic heterocycles. The zero-order chi connectivity index (χ0) is 26.4. The molecule has 8 heteroatoms. The number of aromatic carboxylic acids is 1. The van der Waals surface area contributed by atoms with Gasteiger partial charge < -0.3 is 14.6 Å². The number of aryl methyl sites for hydroxylation is 1. The standard InChI is InChI=1S/C30H24N2O5S/c1-36-20-12-14-24(37-2)23(16-20)27-22-13-11-18-5-3-4-6-21(18)26(22)31-30-32(27)28(33)25(38-30)15-17-7-9-19(10-8-17)29(34)35/h3-10,12,14-16,27H,11,13H2,1-2H3,(H,34,35). The molecule has 38 heavy (non-hydrogen) atoms. The van der Waals surface area contributed by atoms with Crippen molar-refractivity contribution in [2.24, 2.45) is 4.99 Å². The lowest BCUT2D eigenvalue weighted by atomic mass is 9.83. The number of hydrogen-bond acceptors (Lipinski definition) is 6. The first-order chi connectivity index (χ1) is 18.5. The lowest BCUT2D eigenvalue weighted by Crippen LogP contribution is -2.39. The first kappa shape index (κ1) is 23.9. The van der Waals surface area contributed by atoms with Crippen LogP contribution in [0.2, 0.25) is 0 Å². The van der Waals surface area contributed by atoms with Crippen LogP contribution in [0.5, 0.6) is 11.5 Å². The average Bonchev–Trinajstić information content (AvgIpc) is 3.25. The van der Waals surface area contributed by atoms with Gasteiger partial charge in [0.1, 0.15) is 11.5 Å². The maximum atomic E-state index is 13.9. The summed E-state index contributed by atoms with van der Waals surface area (Å²) in [5.41, 5.74) is 5.92. The van der Waals surface area contributed by atoms with Crippen LogP contribution in [-0.4, -0.2) is 29.9 Å². The van der Waals surface area contributed by atoms with E-state index in [-0.39, 0.29) is 11.1 Å². The number of methoxy groups -OCH3 is 2. The van der Waals surface area contributed by atoms with Crippen LogP contribution >= 0.6 is 11.3 Å². The number of allylic oxidation sites excluding steroid dienone is 1. The average molecular weight is 525 g/mol. The number of thiazole rings is 1. The van der Waals surface area contributed by atoms with Crippen LogP contribution in [0.15, 0.2) is 82.1 Å². The van der Waals surface area contributed by atoms with E-state index in [0.717, 1.165) is 40.8 Å². The largest absolute Gasteiger partial charge is 0.497 e. The molecule has 7 nitrogen and oxygen atoms in total. The molecule has 1 N–H and O–H groups in total. The molecule has 4 aromatic rings. The predicted octanol–water partition coefficient (Wildman–Crippen LogP) is 4.03. The third kappa shape index (κ3) is 3.94. The Labute approximate surface area is 222 Å². The topological polar surface area (TPSA) is 90.1 Å². The van der Waals surface area contributed by atoms with Crippen molar-refractivity contribution in [1.29, 1.82) is 0 Å². The molecule has 0 amide bonds. The number of carbonyl (C=O) groups is 1. The molecule has 1 aromatic heterocycles. The minimum atomic E-state index is -0.992. The third-order valence-corrected chi connectivity index (χ3v) is 8.04. The van der Waals surface area contributed by atoms with Crippen LogP contribution in [0, 0.1) is 0 Å². The van der Waals surface area contributed by atoms with Gasteiger partial charge in [-0.05, 0) is 65.9 Å². The monoisotopic (exact) mass is 524 g/mol. The molecule has 2 heterocycles. The van der Waals surface area contributed by atoms with Crippen molar-refractivity contribution in [2.75, 3.05) is 14.2 Å². The summed E-state index contributed by atoms with van der Waals surface area (Å²) in [5, 5.41) is 9.21. The van der Waals surface area contributed by atoms with Crippen LogP contribution in [0.3, 0.4) is 0 Å². The van der Waals surface area contributed by atoms with Gasteiger partial charge in [0, 0.05) is 11.1 Å². The molecule has 3 aromatic carbocycles. The van der Waals surface area contributed by atoms with Crippen LogP contribution in [0.1, 0.15) is 45.1 Å². The quantitative estimate of drug-likeness (QED) is 0.426. The van der Waals surface area contributed by atoms with Crippen molar-refractivity contribution in [3.63, 3.8) is 0 Å². The number of nitrogens with zero attached hydrogens (tertiary/aromatic N) is 2. The van der Waals surface area contributed by atoms with Gasteiger partial charge in [-0.15, -0.1) is 0 Å². The number of carboxylic acid groups (broad SMARTS) is 1. The van der Waals surface area contributed by atoms with Gasteiger partial charge in [0.05, 0.1) is 36.1 Å². The van der Waals surface area contributed by atoms with Crippen LogP contribution in [0.4, 0.5) is 0 Å². The van der Waals surface area contributed by atoms with E-state index >= 15 is 0 Å². The molecule has 0 spiro atoms. The van der Waals surface area contributed by atoms with Crippen LogP contribution in [0.25, 0.3) is 11.8 Å². The Morgan fingerprint density at radius 2 is 1.84 bits per heavy atom. The van der Waals surface area contributed by atoms with E-state index in [1.165, 1.54) is 29.0 Å². The highest BCUT2D eigenvalue weighted by Gasteiger charge is 2.34. The number of aromatic nitrogens is 1. The van der Waals surface area contributed by atoms with Crippen molar-refractivity contribution >= 4 is 29.1 Å². The lowest BCUT2D eigenvalue weighted by molar-refractivity contribution is 0.0697. The van der Waals surface area contributed by atoms with Gasteiger partial charge in [0.15, 0.2) is 4.80 Å². The normalized spacial score (nSPS) is 16.3. The van der Waals surface area contributed by atoms with Crippen molar-refractivity contribution in [3.05, 3.63) is 120 Å². The number of fused-ring (bicyclic) bond motifs is 3. The van der Waals surface area contributed by atoms with Gasteiger partial charge in [-0.2, -0.15) is 0 Å². The fourth-order valence-corrected chi connectivity index (χ4v) is 6.23. The molecule has 0 bridgehead atoms. The Bertz CT molecular complexity index is 1800. The number of carboxylic acids is 1. The molecular formula is C30H24N2O5S. The molecule has 1 unspecified atom stereocenters. The minimum Gasteiger partial charge on any atom is -0.497 e. The van der Waals surface area contributed by atoms with E-state index in [4.69, 9.17) is 14.5 Å². The summed E-state index contributed by atoms with van der Waals surface area (Å²) in [7, 11) is 3.25. The SMILES string of the molecule is COc1ccc(OC)c(C2C3=C(N=c4sc(=Cc5ccc(C(=O)O)cc5)c(=O)n42)c2ccccc2CC3)c1. The Morgan fingerprint density at radius 3 is 2.58 bits per heavy atom. The second-order valence-corrected chi connectivity index (χ2v) is 10.2. The van der Waals surface area contributed by atoms with E-state index in [1.807, 2.05) is 30.3 Å². The van der Waals surface area contributed by atoms with Gasteiger partial charge in [0.2, 0.25) is 0 Å². The molecule has 0 saturated carbocycles. The molecular weight excluding hydrogens is 500 g/mol. The third-order valence-electron chi connectivity index (χ3n) is 7.06. The second kappa shape index (κ2) is 9.46. The van der Waals surface area contributed by atoms with Gasteiger partial charge in [0.25, 0.3) is 5.56 Å². The van der Waals surface area contributed by atoms with Crippen LogP contribution < -0.4 is 24.4 Å². The van der Waals surface area contributed by atoms with Gasteiger partial charge in [-0.25, -0.2) is 9.79 Å². The summed E-state index contributed by atoms with van der Waals surface area (Å²) in [5.74, 6) is 0.355. The second-order valence-electron chi connectivity index (χ2n) is 9.15. The van der Waals surface area contributed by atoms with Crippen molar-refractivity contribution in [3.8, 4) is 11.5 Å². The predicted molar refractivity (Wildman–Crippen MR) is 146 cm³/mol. The first-order valence-electron chi connectivity index (χ1n) is 12.2. The molecule has 6 rings (SSSR count). The van der Waals surface area contributed by atoms with Gasteiger partial charge in [-0.1, -0.05) is 47.7 Å². The highest BCUT2D eigenvalue weighted by atomic mass is 32.1. The zero-order valence-corrected chi connectivity index (χ0v) is 21.6. The molecule has 190 valence electrons. The molecule has 0 radical (unpaired) electrons. The van der Waals surface area contributed by atoms with E-state index < -0.39 is 12.0 Å². The van der Waals surface area contributed by atoms with E-state index in [2.05, 4.69) is 12.1 Å². The molecule has 0 fully saturated rings. The zero-order valence-electron chi connectivity index (χ0n) is 20.8. The number of ether oxygens (including phenoxy) is 2. The maximum absolute atomic E-state index is 13.9. The Hall–Kier alpha value is -4.43.